The average Bonchev–Trinajstić information content (AvgIpc) is 2.90. The predicted molar refractivity (Wildman–Crippen MR) is 150 cm³/mol. The largest absolute Gasteiger partial charge is 0.493 e. The number of nitrogens with zero attached hydrogens (tertiary/aromatic N) is 1. The van der Waals surface area contributed by atoms with E-state index in [4.69, 9.17) is 47.9 Å². The lowest BCUT2D eigenvalue weighted by atomic mass is 9.83. The summed E-state index contributed by atoms with van der Waals surface area (Å²) in [5, 5.41) is 10.8. The molecule has 0 spiro atoms. The summed E-state index contributed by atoms with van der Waals surface area (Å²) in [7, 11) is 1.56. The van der Waals surface area contributed by atoms with Gasteiger partial charge in [0.15, 0.2) is 11.5 Å². The molecular weight excluding hydrogens is 539 g/mol. The van der Waals surface area contributed by atoms with Crippen LogP contribution in [-0.2, 0) is 4.79 Å². The van der Waals surface area contributed by atoms with Crippen LogP contribution in [0.25, 0.3) is 6.08 Å². The van der Waals surface area contributed by atoms with Crippen molar-refractivity contribution < 1.29 is 23.7 Å². The molecule has 0 amide bonds. The first kappa shape index (κ1) is 27.9. The molecule has 0 saturated heterocycles. The van der Waals surface area contributed by atoms with Gasteiger partial charge < -0.3 is 24.7 Å². The number of rotatable bonds is 8. The Labute approximate surface area is 236 Å². The number of hydrogen-bond acceptors (Lipinski definition) is 7. The van der Waals surface area contributed by atoms with Gasteiger partial charge in [0.2, 0.25) is 5.88 Å². The van der Waals surface area contributed by atoms with Gasteiger partial charge >= 0.3 is 5.97 Å². The SMILES string of the molecule is COc1cc(C2C(C#N)=C(N)Oc3cc(OC(=O)/C=C/c4ccc(Cl)cc4Cl)ccc32)ccc1OCC(C)C. The van der Waals surface area contributed by atoms with Crippen LogP contribution >= 0.6 is 23.2 Å². The molecule has 0 saturated carbocycles. The molecule has 3 aromatic carbocycles. The van der Waals surface area contributed by atoms with Crippen LogP contribution < -0.4 is 24.7 Å². The third kappa shape index (κ3) is 6.48. The molecule has 0 bridgehead atoms. The summed E-state index contributed by atoms with van der Waals surface area (Å²) < 4.78 is 22.6. The van der Waals surface area contributed by atoms with Crippen LogP contribution in [0, 0.1) is 17.2 Å². The van der Waals surface area contributed by atoms with E-state index in [9.17, 15) is 10.1 Å². The van der Waals surface area contributed by atoms with Crippen molar-refractivity contribution in [3.8, 4) is 29.1 Å². The predicted octanol–water partition coefficient (Wildman–Crippen LogP) is 6.87. The molecule has 0 aliphatic carbocycles. The zero-order valence-corrected chi connectivity index (χ0v) is 23.0. The zero-order valence-electron chi connectivity index (χ0n) is 21.5. The standard InChI is InChI=1S/C30H26Cl2N2O5/c1-17(2)16-37-25-10-5-19(12-27(25)36-3)29-22-9-8-21(14-26(22)39-30(34)23(29)15-33)38-28(35)11-6-18-4-7-20(31)13-24(18)32/h4-14,17,29H,16,34H2,1-3H3/b11-6+. The Morgan fingerprint density at radius 3 is 2.62 bits per heavy atom. The second kappa shape index (κ2) is 12.2. The Bertz CT molecular complexity index is 1510. The van der Waals surface area contributed by atoms with Crippen LogP contribution in [0.2, 0.25) is 10.0 Å². The molecule has 4 rings (SSSR count). The molecule has 0 fully saturated rings. The molecular formula is C30H26Cl2N2O5. The van der Waals surface area contributed by atoms with Crippen molar-refractivity contribution in [1.82, 2.24) is 0 Å². The summed E-state index contributed by atoms with van der Waals surface area (Å²) in [6.45, 7) is 4.66. The highest BCUT2D eigenvalue weighted by Gasteiger charge is 2.31. The van der Waals surface area contributed by atoms with Gasteiger partial charge in [-0.25, -0.2) is 4.79 Å². The fraction of sp³-hybridized carbons (Fsp3) is 0.200. The Balaban J connectivity index is 1.61. The van der Waals surface area contributed by atoms with E-state index in [0.29, 0.717) is 50.9 Å². The molecule has 9 heteroatoms. The average molecular weight is 565 g/mol. The topological polar surface area (TPSA) is 104 Å². The van der Waals surface area contributed by atoms with Crippen LogP contribution in [0.4, 0.5) is 0 Å². The van der Waals surface area contributed by atoms with Crippen LogP contribution in [0.1, 0.15) is 36.5 Å². The number of nitriles is 1. The lowest BCUT2D eigenvalue weighted by Gasteiger charge is -2.27. The Hall–Kier alpha value is -4.12. The van der Waals surface area contributed by atoms with Crippen LogP contribution in [0.3, 0.4) is 0 Å². The van der Waals surface area contributed by atoms with E-state index in [1.54, 1.807) is 43.5 Å². The van der Waals surface area contributed by atoms with E-state index in [1.807, 2.05) is 18.2 Å². The molecule has 1 atom stereocenters. The fourth-order valence-electron chi connectivity index (χ4n) is 4.03. The van der Waals surface area contributed by atoms with Gasteiger partial charge in [0.1, 0.15) is 23.1 Å². The Morgan fingerprint density at radius 2 is 1.92 bits per heavy atom. The summed E-state index contributed by atoms with van der Waals surface area (Å²) in [5.74, 6) is 0.926. The van der Waals surface area contributed by atoms with E-state index in [-0.39, 0.29) is 17.2 Å². The summed E-state index contributed by atoms with van der Waals surface area (Å²) in [6, 6.07) is 17.5. The lowest BCUT2D eigenvalue weighted by molar-refractivity contribution is -0.128. The van der Waals surface area contributed by atoms with Crippen LogP contribution in [0.15, 0.2) is 72.1 Å². The van der Waals surface area contributed by atoms with E-state index in [1.165, 1.54) is 12.2 Å². The normalized spacial score (nSPS) is 14.5. The number of carbonyl (C=O) groups excluding carboxylic acids is 1. The first-order valence-electron chi connectivity index (χ1n) is 12.1. The summed E-state index contributed by atoms with van der Waals surface area (Å²) in [4.78, 5) is 12.5. The van der Waals surface area contributed by atoms with Gasteiger partial charge in [-0.1, -0.05) is 55.2 Å². The quantitative estimate of drug-likeness (QED) is 0.181. The molecule has 0 radical (unpaired) electrons. The zero-order chi connectivity index (χ0) is 28.1. The third-order valence-corrected chi connectivity index (χ3v) is 6.43. The number of benzene rings is 3. The molecule has 1 unspecified atom stereocenters. The molecule has 3 aromatic rings. The highest BCUT2D eigenvalue weighted by atomic mass is 35.5. The Kier molecular flexibility index (Phi) is 8.70. The molecule has 0 aromatic heterocycles. The van der Waals surface area contributed by atoms with Crippen molar-refractivity contribution >= 4 is 35.2 Å². The first-order chi connectivity index (χ1) is 18.7. The number of hydrogen-bond donors (Lipinski definition) is 1. The third-order valence-electron chi connectivity index (χ3n) is 5.86. The van der Waals surface area contributed by atoms with Crippen molar-refractivity contribution in [3.05, 3.63) is 98.9 Å². The second-order valence-corrected chi connectivity index (χ2v) is 10.0. The Morgan fingerprint density at radius 1 is 1.13 bits per heavy atom. The summed E-state index contributed by atoms with van der Waals surface area (Å²) in [6.07, 6.45) is 2.79. The van der Waals surface area contributed by atoms with Crippen molar-refractivity contribution in [2.75, 3.05) is 13.7 Å². The minimum Gasteiger partial charge on any atom is -0.493 e. The number of ether oxygens (including phenoxy) is 4. The number of methoxy groups -OCH3 is 1. The lowest BCUT2D eigenvalue weighted by Crippen LogP contribution is -2.21. The monoisotopic (exact) mass is 564 g/mol. The van der Waals surface area contributed by atoms with Crippen molar-refractivity contribution in [2.24, 2.45) is 11.7 Å². The van der Waals surface area contributed by atoms with Gasteiger partial charge in [-0.2, -0.15) is 5.26 Å². The van der Waals surface area contributed by atoms with Gasteiger partial charge in [0.25, 0.3) is 0 Å². The number of esters is 1. The van der Waals surface area contributed by atoms with Gasteiger partial charge in [-0.05, 0) is 53.5 Å². The minimum absolute atomic E-state index is 0.0325. The molecule has 200 valence electrons. The molecule has 1 aliphatic heterocycles. The smallest absolute Gasteiger partial charge is 0.336 e. The van der Waals surface area contributed by atoms with Gasteiger partial charge in [-0.3, -0.25) is 0 Å². The van der Waals surface area contributed by atoms with E-state index in [2.05, 4.69) is 19.9 Å². The molecule has 1 aliphatic rings. The molecule has 2 N–H and O–H groups in total. The van der Waals surface area contributed by atoms with Crippen LogP contribution in [0.5, 0.6) is 23.0 Å². The summed E-state index contributed by atoms with van der Waals surface area (Å²) >= 11 is 12.1. The number of nitrogens with two attached hydrogens (primary N) is 1. The second-order valence-electron chi connectivity index (χ2n) is 9.16. The number of carbonyl (C=O) groups is 1. The highest BCUT2D eigenvalue weighted by molar-refractivity contribution is 6.35. The van der Waals surface area contributed by atoms with Crippen molar-refractivity contribution in [3.63, 3.8) is 0 Å². The highest BCUT2D eigenvalue weighted by Crippen LogP contribution is 2.45. The maximum Gasteiger partial charge on any atom is 0.336 e. The number of halogens is 2. The van der Waals surface area contributed by atoms with E-state index >= 15 is 0 Å². The van der Waals surface area contributed by atoms with Gasteiger partial charge in [0, 0.05) is 27.8 Å². The molecule has 39 heavy (non-hydrogen) atoms. The van der Waals surface area contributed by atoms with Crippen molar-refractivity contribution in [1.29, 1.82) is 5.26 Å². The van der Waals surface area contributed by atoms with Crippen molar-refractivity contribution in [2.45, 2.75) is 19.8 Å². The van der Waals surface area contributed by atoms with Gasteiger partial charge in [-0.15, -0.1) is 0 Å². The van der Waals surface area contributed by atoms with E-state index in [0.717, 1.165) is 5.56 Å². The van der Waals surface area contributed by atoms with E-state index < -0.39 is 11.9 Å². The number of fused-ring (bicyclic) bond motifs is 1. The van der Waals surface area contributed by atoms with Gasteiger partial charge in [0.05, 0.1) is 19.6 Å². The first-order valence-corrected chi connectivity index (χ1v) is 12.8. The summed E-state index contributed by atoms with van der Waals surface area (Å²) in [5.41, 5.74) is 8.46. The van der Waals surface area contributed by atoms with Crippen LogP contribution in [-0.4, -0.2) is 19.7 Å². The molecule has 1 heterocycles. The minimum atomic E-state index is -0.615. The maximum absolute atomic E-state index is 12.5. The fourth-order valence-corrected chi connectivity index (χ4v) is 4.50. The number of allylic oxidation sites excluding steroid dienone is 1. The molecule has 7 nitrogen and oxygen atoms in total. The maximum atomic E-state index is 12.5.